The maximum Gasteiger partial charge on any atom is 0.251 e. The van der Waals surface area contributed by atoms with Crippen LogP contribution in [0, 0.1) is 6.92 Å². The number of carbonyl (C=O) groups excluding carboxylic acids is 3. The van der Waals surface area contributed by atoms with Gasteiger partial charge in [-0.2, -0.15) is 0 Å². The monoisotopic (exact) mass is 399 g/mol. The summed E-state index contributed by atoms with van der Waals surface area (Å²) in [5, 5.41) is 5.81. The molecule has 7 heteroatoms. The molecule has 2 aromatic carbocycles. The fourth-order valence-electron chi connectivity index (χ4n) is 3.09. The number of nitrogens with zero attached hydrogens (tertiary/aromatic N) is 1. The van der Waals surface area contributed by atoms with Crippen LogP contribution in [0.2, 0.25) is 5.02 Å². The first-order valence-electron chi connectivity index (χ1n) is 9.13. The van der Waals surface area contributed by atoms with Crippen molar-refractivity contribution in [2.45, 2.75) is 32.7 Å². The third-order valence-electron chi connectivity index (χ3n) is 4.60. The minimum Gasteiger partial charge on any atom is -0.341 e. The van der Waals surface area contributed by atoms with Crippen molar-refractivity contribution in [1.82, 2.24) is 5.32 Å². The van der Waals surface area contributed by atoms with Gasteiger partial charge < -0.3 is 15.5 Å². The van der Waals surface area contributed by atoms with Gasteiger partial charge in [0.05, 0.1) is 10.7 Å². The number of anilines is 2. The standard InChI is InChI=1S/C21H22ClN3O3/c1-13-5-3-6-15(11-13)21(28)23-14(2)20(27)24-16-8-9-18(17(22)12-16)25-10-4-7-19(25)26/h3,5-6,8-9,11-12,14H,4,7,10H2,1-2H3,(H,23,28)(H,24,27). The number of benzene rings is 2. The summed E-state index contributed by atoms with van der Waals surface area (Å²) in [6.07, 6.45) is 1.33. The van der Waals surface area contributed by atoms with Crippen molar-refractivity contribution in [3.8, 4) is 0 Å². The first-order chi connectivity index (χ1) is 13.3. The topological polar surface area (TPSA) is 78.5 Å². The SMILES string of the molecule is Cc1cccc(C(=O)NC(C)C(=O)Nc2ccc(N3CCCC3=O)c(Cl)c2)c1. The van der Waals surface area contributed by atoms with Gasteiger partial charge in [-0.25, -0.2) is 0 Å². The van der Waals surface area contributed by atoms with Gasteiger partial charge in [0.2, 0.25) is 11.8 Å². The molecule has 0 aliphatic carbocycles. The molecule has 1 saturated heterocycles. The molecule has 2 N–H and O–H groups in total. The lowest BCUT2D eigenvalue weighted by molar-refractivity contribution is -0.118. The van der Waals surface area contributed by atoms with Gasteiger partial charge in [-0.3, -0.25) is 14.4 Å². The van der Waals surface area contributed by atoms with Crippen molar-refractivity contribution in [2.75, 3.05) is 16.8 Å². The Bertz CT molecular complexity index is 929. The van der Waals surface area contributed by atoms with Crippen molar-refractivity contribution >= 4 is 40.7 Å². The highest BCUT2D eigenvalue weighted by Gasteiger charge is 2.24. The molecule has 0 spiro atoms. The molecule has 2 aromatic rings. The van der Waals surface area contributed by atoms with E-state index in [9.17, 15) is 14.4 Å². The molecule has 0 aromatic heterocycles. The minimum atomic E-state index is -0.730. The molecule has 1 heterocycles. The largest absolute Gasteiger partial charge is 0.341 e. The van der Waals surface area contributed by atoms with Crippen LogP contribution in [0.3, 0.4) is 0 Å². The summed E-state index contributed by atoms with van der Waals surface area (Å²) in [6, 6.07) is 11.4. The predicted octanol–water partition coefficient (Wildman–Crippen LogP) is 3.53. The molecule has 0 saturated carbocycles. The van der Waals surface area contributed by atoms with Crippen molar-refractivity contribution in [1.29, 1.82) is 0 Å². The molecule has 3 amide bonds. The smallest absolute Gasteiger partial charge is 0.251 e. The molecule has 6 nitrogen and oxygen atoms in total. The van der Waals surface area contributed by atoms with Crippen LogP contribution in [0.5, 0.6) is 0 Å². The lowest BCUT2D eigenvalue weighted by Gasteiger charge is -2.19. The highest BCUT2D eigenvalue weighted by molar-refractivity contribution is 6.34. The number of hydrogen-bond acceptors (Lipinski definition) is 3. The van der Waals surface area contributed by atoms with Crippen molar-refractivity contribution in [3.05, 3.63) is 58.6 Å². The Labute approximate surface area is 168 Å². The second-order valence-corrected chi connectivity index (χ2v) is 7.28. The molecule has 3 rings (SSSR count). The Morgan fingerprint density at radius 1 is 1.18 bits per heavy atom. The molecular formula is C21H22ClN3O3. The van der Waals surface area contributed by atoms with Crippen LogP contribution >= 0.6 is 11.6 Å². The lowest BCUT2D eigenvalue weighted by atomic mass is 10.1. The molecule has 28 heavy (non-hydrogen) atoms. The van der Waals surface area contributed by atoms with Gasteiger partial charge in [-0.1, -0.05) is 29.3 Å². The maximum atomic E-state index is 12.4. The number of halogens is 1. The summed E-state index contributed by atoms with van der Waals surface area (Å²) in [7, 11) is 0. The van der Waals surface area contributed by atoms with E-state index in [0.717, 1.165) is 12.0 Å². The average Bonchev–Trinajstić information content (AvgIpc) is 3.07. The summed E-state index contributed by atoms with van der Waals surface area (Å²) < 4.78 is 0. The van der Waals surface area contributed by atoms with Gasteiger partial charge in [0.1, 0.15) is 6.04 Å². The molecular weight excluding hydrogens is 378 g/mol. The number of hydrogen-bond donors (Lipinski definition) is 2. The Balaban J connectivity index is 1.63. The maximum absolute atomic E-state index is 12.4. The van der Waals surface area contributed by atoms with Crippen LogP contribution in [-0.4, -0.2) is 30.3 Å². The van der Waals surface area contributed by atoms with Crippen molar-refractivity contribution in [2.24, 2.45) is 0 Å². The molecule has 1 aliphatic heterocycles. The number of carbonyl (C=O) groups is 3. The minimum absolute atomic E-state index is 0.0474. The van der Waals surface area contributed by atoms with E-state index < -0.39 is 6.04 Å². The van der Waals surface area contributed by atoms with Gasteiger partial charge in [0, 0.05) is 24.2 Å². The van der Waals surface area contributed by atoms with Crippen molar-refractivity contribution in [3.63, 3.8) is 0 Å². The average molecular weight is 400 g/mol. The molecule has 1 aliphatic rings. The van der Waals surface area contributed by atoms with Gasteiger partial charge in [0.25, 0.3) is 5.91 Å². The summed E-state index contributed by atoms with van der Waals surface area (Å²) in [5.41, 5.74) is 2.61. The van der Waals surface area contributed by atoms with E-state index in [1.165, 1.54) is 0 Å². The van der Waals surface area contributed by atoms with Crippen LogP contribution in [0.15, 0.2) is 42.5 Å². The quantitative estimate of drug-likeness (QED) is 0.807. The van der Waals surface area contributed by atoms with Crippen LogP contribution < -0.4 is 15.5 Å². The van der Waals surface area contributed by atoms with Crippen LogP contribution in [0.1, 0.15) is 35.7 Å². The zero-order chi connectivity index (χ0) is 20.3. The van der Waals surface area contributed by atoms with Gasteiger partial charge in [-0.15, -0.1) is 0 Å². The first-order valence-corrected chi connectivity index (χ1v) is 9.51. The molecule has 1 fully saturated rings. The fraction of sp³-hybridized carbons (Fsp3) is 0.286. The van der Waals surface area contributed by atoms with E-state index in [4.69, 9.17) is 11.6 Å². The molecule has 0 radical (unpaired) electrons. The lowest BCUT2D eigenvalue weighted by Crippen LogP contribution is -2.41. The summed E-state index contributed by atoms with van der Waals surface area (Å²) >= 11 is 6.30. The van der Waals surface area contributed by atoms with Crippen LogP contribution in [-0.2, 0) is 9.59 Å². The predicted molar refractivity (Wildman–Crippen MR) is 110 cm³/mol. The molecule has 1 unspecified atom stereocenters. The summed E-state index contributed by atoms with van der Waals surface area (Å²) in [5.74, 6) is -0.625. The van der Waals surface area contributed by atoms with E-state index in [-0.39, 0.29) is 17.7 Å². The van der Waals surface area contributed by atoms with E-state index in [1.54, 1.807) is 48.2 Å². The summed E-state index contributed by atoms with van der Waals surface area (Å²) in [6.45, 7) is 4.16. The fourth-order valence-corrected chi connectivity index (χ4v) is 3.37. The molecule has 0 bridgehead atoms. The van der Waals surface area contributed by atoms with Crippen LogP contribution in [0.25, 0.3) is 0 Å². The van der Waals surface area contributed by atoms with E-state index in [2.05, 4.69) is 10.6 Å². The zero-order valence-electron chi connectivity index (χ0n) is 15.8. The first kappa shape index (κ1) is 19.9. The van der Waals surface area contributed by atoms with Gasteiger partial charge >= 0.3 is 0 Å². The number of nitrogens with one attached hydrogen (secondary N) is 2. The highest BCUT2D eigenvalue weighted by atomic mass is 35.5. The van der Waals surface area contributed by atoms with E-state index >= 15 is 0 Å². The summed E-state index contributed by atoms with van der Waals surface area (Å²) in [4.78, 5) is 38.2. The third kappa shape index (κ3) is 4.51. The normalized spacial score (nSPS) is 14.7. The number of aryl methyl sites for hydroxylation is 1. The Hall–Kier alpha value is -2.86. The highest BCUT2D eigenvalue weighted by Crippen LogP contribution is 2.31. The van der Waals surface area contributed by atoms with Crippen LogP contribution in [0.4, 0.5) is 11.4 Å². The van der Waals surface area contributed by atoms with Gasteiger partial charge in [0.15, 0.2) is 0 Å². The second-order valence-electron chi connectivity index (χ2n) is 6.87. The Kier molecular flexibility index (Phi) is 5.99. The van der Waals surface area contributed by atoms with Gasteiger partial charge in [-0.05, 0) is 50.6 Å². The van der Waals surface area contributed by atoms with Crippen molar-refractivity contribution < 1.29 is 14.4 Å². The molecule has 146 valence electrons. The van der Waals surface area contributed by atoms with E-state index in [1.807, 2.05) is 13.0 Å². The zero-order valence-corrected chi connectivity index (χ0v) is 16.5. The molecule has 1 atom stereocenters. The Morgan fingerprint density at radius 2 is 1.96 bits per heavy atom. The second kappa shape index (κ2) is 8.44. The number of amides is 3. The third-order valence-corrected chi connectivity index (χ3v) is 4.90. The van der Waals surface area contributed by atoms with E-state index in [0.29, 0.717) is 34.9 Å². The Morgan fingerprint density at radius 3 is 2.61 bits per heavy atom. The number of rotatable bonds is 5.